The maximum Gasteiger partial charge on any atom is 0.251 e. The third kappa shape index (κ3) is 5.08. The monoisotopic (exact) mass is 396 g/mol. The minimum atomic E-state index is -0.456. The van der Waals surface area contributed by atoms with Crippen LogP contribution < -0.4 is 10.1 Å². The highest BCUT2D eigenvalue weighted by Crippen LogP contribution is 2.21. The molecule has 1 N–H and O–H groups in total. The van der Waals surface area contributed by atoms with Crippen molar-refractivity contribution in [3.05, 3.63) is 58.9 Å². The highest BCUT2D eigenvalue weighted by Gasteiger charge is 2.12. The predicted octanol–water partition coefficient (Wildman–Crippen LogP) is 4.94. The summed E-state index contributed by atoms with van der Waals surface area (Å²) in [7, 11) is 0. The molecule has 0 saturated heterocycles. The van der Waals surface area contributed by atoms with Crippen molar-refractivity contribution in [1.29, 1.82) is 0 Å². The largest absolute Gasteiger partial charge is 0.490 e. The Bertz CT molecular complexity index is 1020. The van der Waals surface area contributed by atoms with Crippen LogP contribution in [0.3, 0.4) is 0 Å². The van der Waals surface area contributed by atoms with Crippen LogP contribution in [0.1, 0.15) is 42.1 Å². The molecule has 1 amide bonds. The lowest BCUT2D eigenvalue weighted by molar-refractivity contribution is 0.0950. The molecule has 0 saturated carbocycles. The summed E-state index contributed by atoms with van der Waals surface area (Å²) in [6, 6.07) is 10.2. The molecule has 1 heterocycles. The van der Waals surface area contributed by atoms with Crippen LogP contribution in [0.5, 0.6) is 5.75 Å². The Labute approximate surface area is 167 Å². The predicted molar refractivity (Wildman–Crippen MR) is 110 cm³/mol. The molecule has 1 aromatic heterocycles. The molecule has 0 fully saturated rings. The van der Waals surface area contributed by atoms with Crippen molar-refractivity contribution in [1.82, 2.24) is 10.3 Å². The Hall–Kier alpha value is -2.91. The number of amides is 1. The van der Waals surface area contributed by atoms with E-state index < -0.39 is 5.82 Å². The average molecular weight is 396 g/mol. The molecule has 0 bridgehead atoms. The van der Waals surface area contributed by atoms with Crippen molar-refractivity contribution < 1.29 is 13.9 Å². The van der Waals surface area contributed by atoms with Gasteiger partial charge in [0.25, 0.3) is 5.91 Å². The van der Waals surface area contributed by atoms with Crippen molar-refractivity contribution in [3.63, 3.8) is 0 Å². The molecule has 0 atom stereocenters. The van der Waals surface area contributed by atoms with Crippen molar-refractivity contribution in [3.8, 4) is 17.6 Å². The maximum atomic E-state index is 14.6. The highest BCUT2D eigenvalue weighted by atomic mass is 32.1. The fraction of sp³-hybridized carbons (Fsp3) is 0.273. The molecule has 3 rings (SSSR count). The van der Waals surface area contributed by atoms with Gasteiger partial charge >= 0.3 is 0 Å². The van der Waals surface area contributed by atoms with E-state index in [1.165, 1.54) is 11.3 Å². The second kappa shape index (κ2) is 9.86. The average Bonchev–Trinajstić information content (AvgIpc) is 3.18. The zero-order valence-corrected chi connectivity index (χ0v) is 16.4. The van der Waals surface area contributed by atoms with Crippen molar-refractivity contribution in [2.75, 3.05) is 6.61 Å². The quantitative estimate of drug-likeness (QED) is 0.455. The van der Waals surface area contributed by atoms with Crippen LogP contribution in [0.25, 0.3) is 10.2 Å². The summed E-state index contributed by atoms with van der Waals surface area (Å²) < 4.78 is 21.0. The first-order valence-electron chi connectivity index (χ1n) is 9.16. The topological polar surface area (TPSA) is 51.2 Å². The molecule has 144 valence electrons. The first-order valence-corrected chi connectivity index (χ1v) is 10.0. The Kier molecular flexibility index (Phi) is 6.99. The summed E-state index contributed by atoms with van der Waals surface area (Å²) in [6.45, 7) is 2.49. The molecule has 3 aromatic rings. The number of carbonyl (C=O) groups is 1. The summed E-state index contributed by atoms with van der Waals surface area (Å²) in [5.74, 6) is 5.49. The van der Waals surface area contributed by atoms with Crippen LogP contribution in [0.15, 0.2) is 41.9 Å². The standard InChI is InChI=1S/C22H21FN2O2S/c1-2-3-4-5-6-12-27-19-9-7-8-17(21(19)23)14-24-22(26)16-10-11-18-20(13-16)28-15-25-18/h7-11,13,15H,2-3,6,12,14H2,1H3,(H,24,26). The van der Waals surface area contributed by atoms with Gasteiger partial charge in [-0.15, -0.1) is 17.3 Å². The Morgan fingerprint density at radius 3 is 2.96 bits per heavy atom. The maximum absolute atomic E-state index is 14.6. The van der Waals surface area contributed by atoms with Gasteiger partial charge in [0.15, 0.2) is 11.6 Å². The Morgan fingerprint density at radius 2 is 2.11 bits per heavy atom. The van der Waals surface area contributed by atoms with E-state index in [0.29, 0.717) is 24.2 Å². The number of hydrogen-bond acceptors (Lipinski definition) is 4. The molecular weight excluding hydrogens is 375 g/mol. The first-order chi connectivity index (χ1) is 13.7. The molecule has 0 aliphatic rings. The third-order valence-corrected chi connectivity index (χ3v) is 4.85. The number of benzene rings is 2. The number of rotatable bonds is 7. The fourth-order valence-electron chi connectivity index (χ4n) is 2.59. The summed E-state index contributed by atoms with van der Waals surface area (Å²) in [5.41, 5.74) is 3.50. The summed E-state index contributed by atoms with van der Waals surface area (Å²) in [5, 5.41) is 2.76. The lowest BCUT2D eigenvalue weighted by atomic mass is 10.1. The molecule has 28 heavy (non-hydrogen) atoms. The van der Waals surface area contributed by atoms with Crippen LogP contribution in [0.4, 0.5) is 4.39 Å². The number of fused-ring (bicyclic) bond motifs is 1. The van der Waals surface area contributed by atoms with Crippen LogP contribution in [-0.2, 0) is 6.54 Å². The van der Waals surface area contributed by atoms with E-state index in [0.717, 1.165) is 23.1 Å². The molecule has 0 aliphatic heterocycles. The zero-order chi connectivity index (χ0) is 19.8. The van der Waals surface area contributed by atoms with E-state index in [1.54, 1.807) is 41.9 Å². The molecule has 6 heteroatoms. The highest BCUT2D eigenvalue weighted by molar-refractivity contribution is 7.16. The Morgan fingerprint density at radius 1 is 1.25 bits per heavy atom. The van der Waals surface area contributed by atoms with Crippen LogP contribution in [-0.4, -0.2) is 17.5 Å². The van der Waals surface area contributed by atoms with Gasteiger partial charge in [-0.2, -0.15) is 0 Å². The SMILES string of the molecule is CCCC#CCCOc1cccc(CNC(=O)c2ccc3ncsc3c2)c1F. The fourth-order valence-corrected chi connectivity index (χ4v) is 3.31. The third-order valence-electron chi connectivity index (χ3n) is 4.06. The zero-order valence-electron chi connectivity index (χ0n) is 15.6. The van der Waals surface area contributed by atoms with Crippen molar-refractivity contribution in [2.45, 2.75) is 32.7 Å². The van der Waals surface area contributed by atoms with Gasteiger partial charge < -0.3 is 10.1 Å². The van der Waals surface area contributed by atoms with Crippen LogP contribution >= 0.6 is 11.3 Å². The normalized spacial score (nSPS) is 10.4. The van der Waals surface area contributed by atoms with Crippen LogP contribution in [0.2, 0.25) is 0 Å². The molecule has 0 radical (unpaired) electrons. The van der Waals surface area contributed by atoms with Gasteiger partial charge in [-0.05, 0) is 30.7 Å². The van der Waals surface area contributed by atoms with E-state index >= 15 is 0 Å². The van der Waals surface area contributed by atoms with Gasteiger partial charge in [0.1, 0.15) is 0 Å². The second-order valence-corrected chi connectivity index (χ2v) is 7.04. The minimum Gasteiger partial charge on any atom is -0.490 e. The summed E-state index contributed by atoms with van der Waals surface area (Å²) in [6.07, 6.45) is 2.44. The van der Waals surface area contributed by atoms with Gasteiger partial charge in [-0.3, -0.25) is 4.79 Å². The molecule has 0 aliphatic carbocycles. The lowest BCUT2D eigenvalue weighted by Crippen LogP contribution is -2.23. The Balaban J connectivity index is 1.58. The second-order valence-electron chi connectivity index (χ2n) is 6.15. The van der Waals surface area contributed by atoms with Crippen LogP contribution in [0, 0.1) is 17.7 Å². The number of carbonyl (C=O) groups excluding carboxylic acids is 1. The summed E-state index contributed by atoms with van der Waals surface area (Å²) in [4.78, 5) is 16.6. The van der Waals surface area contributed by atoms with E-state index in [1.807, 2.05) is 0 Å². The first kappa shape index (κ1) is 19.8. The van der Waals surface area contributed by atoms with Gasteiger partial charge in [0.2, 0.25) is 0 Å². The number of unbranched alkanes of at least 4 members (excludes halogenated alkanes) is 1. The number of thiazole rings is 1. The smallest absolute Gasteiger partial charge is 0.251 e. The number of aromatic nitrogens is 1. The van der Waals surface area contributed by atoms with E-state index in [-0.39, 0.29) is 18.2 Å². The van der Waals surface area contributed by atoms with Crippen molar-refractivity contribution in [2.24, 2.45) is 0 Å². The molecular formula is C22H21FN2O2S. The van der Waals surface area contributed by atoms with E-state index in [9.17, 15) is 9.18 Å². The number of ether oxygens (including phenoxy) is 1. The lowest BCUT2D eigenvalue weighted by Gasteiger charge is -2.10. The number of nitrogens with one attached hydrogen (secondary N) is 1. The molecule has 2 aromatic carbocycles. The number of halogens is 1. The number of hydrogen-bond donors (Lipinski definition) is 1. The summed E-state index contributed by atoms with van der Waals surface area (Å²) >= 11 is 1.47. The van der Waals surface area contributed by atoms with Gasteiger partial charge in [0.05, 0.1) is 22.3 Å². The van der Waals surface area contributed by atoms with E-state index in [4.69, 9.17) is 4.74 Å². The van der Waals surface area contributed by atoms with Gasteiger partial charge in [-0.1, -0.05) is 25.0 Å². The van der Waals surface area contributed by atoms with Gasteiger partial charge in [0, 0.05) is 30.5 Å². The van der Waals surface area contributed by atoms with E-state index in [2.05, 4.69) is 29.1 Å². The van der Waals surface area contributed by atoms with Gasteiger partial charge in [-0.25, -0.2) is 9.37 Å². The van der Waals surface area contributed by atoms with Crippen molar-refractivity contribution >= 4 is 27.5 Å². The molecule has 0 spiro atoms. The molecule has 4 nitrogen and oxygen atoms in total. The molecule has 0 unspecified atom stereocenters. The minimum absolute atomic E-state index is 0.0822. The number of nitrogens with zero attached hydrogens (tertiary/aromatic N) is 1.